The number of hydrogen-bond donors (Lipinski definition) is 1. The van der Waals surface area contributed by atoms with E-state index >= 15 is 0 Å². The van der Waals surface area contributed by atoms with Gasteiger partial charge in [-0.1, -0.05) is 39.3 Å². The van der Waals surface area contributed by atoms with E-state index in [1.165, 1.54) is 0 Å². The SMILES string of the molecule is CCN(CC)P(=O)(/C(Cl)=C/O)N(CC)CC. The summed E-state index contributed by atoms with van der Waals surface area (Å²) >= 11 is 5.94. The van der Waals surface area contributed by atoms with Crippen LogP contribution in [0.5, 0.6) is 0 Å². The lowest BCUT2D eigenvalue weighted by molar-refractivity contribution is 0.365. The molecule has 96 valence electrons. The van der Waals surface area contributed by atoms with Gasteiger partial charge >= 0.3 is 0 Å². The van der Waals surface area contributed by atoms with E-state index in [1.54, 1.807) is 9.34 Å². The zero-order valence-corrected chi connectivity index (χ0v) is 12.1. The van der Waals surface area contributed by atoms with Crippen LogP contribution in [0.3, 0.4) is 0 Å². The largest absolute Gasteiger partial charge is 0.514 e. The van der Waals surface area contributed by atoms with Crippen molar-refractivity contribution in [1.82, 2.24) is 9.34 Å². The smallest absolute Gasteiger partial charge is 0.259 e. The first-order valence-electron chi connectivity index (χ1n) is 5.64. The highest BCUT2D eigenvalue weighted by atomic mass is 35.5. The summed E-state index contributed by atoms with van der Waals surface area (Å²) in [7, 11) is -2.99. The predicted octanol–water partition coefficient (Wildman–Crippen LogP) is 3.46. The highest BCUT2D eigenvalue weighted by Crippen LogP contribution is 2.61. The standard InChI is InChI=1S/C10H22ClN2O2P/c1-5-12(6-2)16(15,10(11)9-14)13(7-3)8-4/h9,14H,5-8H2,1-4H3/b10-9+. The summed E-state index contributed by atoms with van der Waals surface area (Å²) in [6.07, 6.45) is 0.749. The molecule has 4 nitrogen and oxygen atoms in total. The van der Waals surface area contributed by atoms with E-state index in [-0.39, 0.29) is 4.77 Å². The summed E-state index contributed by atoms with van der Waals surface area (Å²) in [4.78, 5) is 0. The molecule has 0 rings (SSSR count). The van der Waals surface area contributed by atoms with Crippen molar-refractivity contribution in [3.63, 3.8) is 0 Å². The second kappa shape index (κ2) is 7.33. The van der Waals surface area contributed by atoms with E-state index in [4.69, 9.17) is 16.7 Å². The van der Waals surface area contributed by atoms with Crippen molar-refractivity contribution in [3.05, 3.63) is 11.0 Å². The maximum atomic E-state index is 13.0. The molecule has 0 fully saturated rings. The third kappa shape index (κ3) is 3.01. The monoisotopic (exact) mass is 268 g/mol. The van der Waals surface area contributed by atoms with Gasteiger partial charge in [0.2, 0.25) is 0 Å². The Morgan fingerprint density at radius 2 is 1.44 bits per heavy atom. The van der Waals surface area contributed by atoms with Gasteiger partial charge in [-0.3, -0.25) is 4.57 Å². The molecule has 0 aromatic heterocycles. The third-order valence-electron chi connectivity index (χ3n) is 2.61. The Hall–Kier alpha value is -0.0200. The molecule has 16 heavy (non-hydrogen) atoms. The Bertz CT molecular complexity index is 260. The average molecular weight is 269 g/mol. The minimum Gasteiger partial charge on any atom is -0.514 e. The molecule has 0 saturated heterocycles. The summed E-state index contributed by atoms with van der Waals surface area (Å²) < 4.78 is 16.6. The van der Waals surface area contributed by atoms with Crippen molar-refractivity contribution < 1.29 is 9.67 Å². The maximum Gasteiger partial charge on any atom is 0.259 e. The molecule has 1 N–H and O–H groups in total. The fourth-order valence-corrected chi connectivity index (χ4v) is 4.96. The quantitative estimate of drug-likeness (QED) is 0.567. The number of aliphatic hydroxyl groups excluding tert-OH is 1. The van der Waals surface area contributed by atoms with Gasteiger partial charge in [-0.15, -0.1) is 0 Å². The summed E-state index contributed by atoms with van der Waals surface area (Å²) in [5, 5.41) is 9.03. The van der Waals surface area contributed by atoms with Crippen molar-refractivity contribution >= 4 is 19.0 Å². The minimum atomic E-state index is -2.99. The molecule has 0 aromatic rings. The number of halogens is 1. The second-order valence-corrected chi connectivity index (χ2v) is 6.65. The highest BCUT2D eigenvalue weighted by molar-refractivity contribution is 7.65. The fraction of sp³-hybridized carbons (Fsp3) is 0.800. The van der Waals surface area contributed by atoms with Crippen molar-refractivity contribution in [2.45, 2.75) is 27.7 Å². The zero-order valence-electron chi connectivity index (χ0n) is 10.5. The normalized spacial score (nSPS) is 13.8. The topological polar surface area (TPSA) is 43.8 Å². The van der Waals surface area contributed by atoms with E-state index in [0.29, 0.717) is 26.2 Å². The molecule has 6 heteroatoms. The van der Waals surface area contributed by atoms with E-state index in [9.17, 15) is 4.57 Å². The van der Waals surface area contributed by atoms with Crippen molar-refractivity contribution in [2.75, 3.05) is 26.2 Å². The summed E-state index contributed by atoms with van der Waals surface area (Å²) in [6, 6.07) is 0. The highest BCUT2D eigenvalue weighted by Gasteiger charge is 2.37. The summed E-state index contributed by atoms with van der Waals surface area (Å²) in [5.41, 5.74) is 0. The van der Waals surface area contributed by atoms with Gasteiger partial charge in [-0.05, 0) is 0 Å². The van der Waals surface area contributed by atoms with Gasteiger partial charge in [0.1, 0.15) is 11.0 Å². The molecular weight excluding hydrogens is 247 g/mol. The second-order valence-electron chi connectivity index (χ2n) is 3.27. The lowest BCUT2D eigenvalue weighted by atomic mass is 10.7. The molecule has 0 aliphatic rings. The lowest BCUT2D eigenvalue weighted by Gasteiger charge is -2.36. The van der Waals surface area contributed by atoms with Crippen LogP contribution in [-0.4, -0.2) is 40.6 Å². The van der Waals surface area contributed by atoms with Gasteiger partial charge in [0.15, 0.2) is 0 Å². The van der Waals surface area contributed by atoms with Crippen LogP contribution in [0.15, 0.2) is 11.0 Å². The molecule has 0 unspecified atom stereocenters. The van der Waals surface area contributed by atoms with Gasteiger partial charge in [0, 0.05) is 26.2 Å². The molecule has 0 atom stereocenters. The predicted molar refractivity (Wildman–Crippen MR) is 70.0 cm³/mol. The Labute approximate surface area is 103 Å². The van der Waals surface area contributed by atoms with Crippen LogP contribution < -0.4 is 0 Å². The van der Waals surface area contributed by atoms with E-state index < -0.39 is 7.44 Å². The Morgan fingerprint density at radius 3 is 1.62 bits per heavy atom. The van der Waals surface area contributed by atoms with Crippen LogP contribution in [0.4, 0.5) is 0 Å². The molecule has 0 heterocycles. The first-order chi connectivity index (χ1) is 7.52. The van der Waals surface area contributed by atoms with Gasteiger partial charge in [-0.2, -0.15) is 0 Å². The molecule has 0 aromatic carbocycles. The first-order valence-corrected chi connectivity index (χ1v) is 7.63. The molecule has 0 spiro atoms. The summed E-state index contributed by atoms with van der Waals surface area (Å²) in [5.74, 6) is 0. The molecule has 0 saturated carbocycles. The number of rotatable bonds is 7. The van der Waals surface area contributed by atoms with Crippen LogP contribution in [0.1, 0.15) is 27.7 Å². The van der Waals surface area contributed by atoms with Crippen LogP contribution in [-0.2, 0) is 4.57 Å². The van der Waals surface area contributed by atoms with Gasteiger partial charge < -0.3 is 5.11 Å². The number of nitrogens with zero attached hydrogens (tertiary/aromatic N) is 2. The Morgan fingerprint density at radius 1 is 1.12 bits per heavy atom. The van der Waals surface area contributed by atoms with Crippen LogP contribution in [0.25, 0.3) is 0 Å². The minimum absolute atomic E-state index is 0.0277. The van der Waals surface area contributed by atoms with Crippen molar-refractivity contribution in [1.29, 1.82) is 0 Å². The van der Waals surface area contributed by atoms with Crippen LogP contribution in [0, 0.1) is 0 Å². The Kier molecular flexibility index (Phi) is 7.32. The molecule has 0 amide bonds. The molecular formula is C10H22ClN2O2P. The van der Waals surface area contributed by atoms with Crippen molar-refractivity contribution in [3.8, 4) is 0 Å². The van der Waals surface area contributed by atoms with Gasteiger partial charge in [0.25, 0.3) is 7.44 Å². The third-order valence-corrected chi connectivity index (χ3v) is 6.71. The molecule has 0 aliphatic heterocycles. The maximum absolute atomic E-state index is 13.0. The fourth-order valence-electron chi connectivity index (χ4n) is 1.74. The molecule has 0 bridgehead atoms. The van der Waals surface area contributed by atoms with E-state index in [0.717, 1.165) is 6.26 Å². The van der Waals surface area contributed by atoms with Crippen LogP contribution >= 0.6 is 19.0 Å². The zero-order chi connectivity index (χ0) is 12.8. The number of aliphatic hydroxyl groups is 1. The van der Waals surface area contributed by atoms with Crippen LogP contribution in [0.2, 0.25) is 0 Å². The molecule has 0 radical (unpaired) electrons. The molecule has 0 aliphatic carbocycles. The van der Waals surface area contributed by atoms with Crippen molar-refractivity contribution in [2.24, 2.45) is 0 Å². The first kappa shape index (κ1) is 16.0. The van der Waals surface area contributed by atoms with Gasteiger partial charge in [0.05, 0.1) is 0 Å². The van der Waals surface area contributed by atoms with E-state index in [2.05, 4.69) is 0 Å². The van der Waals surface area contributed by atoms with E-state index in [1.807, 2.05) is 27.7 Å². The Balaban J connectivity index is 5.42. The average Bonchev–Trinajstić information content (AvgIpc) is 2.30. The summed E-state index contributed by atoms with van der Waals surface area (Å²) in [6.45, 7) is 10.3. The lowest BCUT2D eigenvalue weighted by Crippen LogP contribution is -2.32. The van der Waals surface area contributed by atoms with Gasteiger partial charge in [-0.25, -0.2) is 9.34 Å². The number of hydrogen-bond acceptors (Lipinski definition) is 2.